The van der Waals surface area contributed by atoms with Crippen LogP contribution in [0.5, 0.6) is 0 Å². The van der Waals surface area contributed by atoms with E-state index in [4.69, 9.17) is 26.2 Å². The van der Waals surface area contributed by atoms with Gasteiger partial charge < -0.3 is 4.42 Å². The van der Waals surface area contributed by atoms with Crippen LogP contribution in [0, 0.1) is 0 Å². The van der Waals surface area contributed by atoms with Gasteiger partial charge in [-0.1, -0.05) is 152 Å². The molecule has 4 nitrogen and oxygen atoms in total. The maximum atomic E-state index is 9.73. The van der Waals surface area contributed by atoms with Gasteiger partial charge in [-0.15, -0.1) is 0 Å². The molecule has 0 amide bonds. The van der Waals surface area contributed by atoms with Crippen LogP contribution >= 0.6 is 0 Å². The zero-order valence-electron chi connectivity index (χ0n) is 32.8. The molecule has 0 saturated heterocycles. The molecule has 0 radical (unpaired) electrons. The Bertz CT molecular complexity index is 3220. The Balaban J connectivity index is 1.26. The molecule has 2 heterocycles. The first-order valence-corrected chi connectivity index (χ1v) is 15.9. The third-order valence-corrected chi connectivity index (χ3v) is 8.96. The second-order valence-electron chi connectivity index (χ2n) is 11.8. The van der Waals surface area contributed by atoms with Gasteiger partial charge in [-0.2, -0.15) is 0 Å². The molecule has 228 valence electrons. The van der Waals surface area contributed by atoms with E-state index >= 15 is 0 Å². The van der Waals surface area contributed by atoms with Gasteiger partial charge in [0.2, 0.25) is 0 Å². The molecule has 0 aliphatic rings. The van der Waals surface area contributed by atoms with E-state index in [2.05, 4.69) is 0 Å². The molecule has 4 heteroatoms. The molecule has 2 aromatic heterocycles. The summed E-state index contributed by atoms with van der Waals surface area (Å²) >= 11 is 0. The van der Waals surface area contributed by atoms with E-state index in [1.54, 1.807) is 6.07 Å². The molecule has 0 bridgehead atoms. The summed E-state index contributed by atoms with van der Waals surface area (Å²) in [6, 6.07) is 36.2. The molecule has 0 atom stereocenters. The number of hydrogen-bond acceptors (Lipinski definition) is 4. The number of benzene rings is 8. The van der Waals surface area contributed by atoms with Crippen molar-refractivity contribution in [3.05, 3.63) is 164 Å². The Morgan fingerprint density at radius 1 is 0.408 bits per heavy atom. The Labute approximate surface area is 291 Å². The molecule has 10 aromatic rings. The Hall–Kier alpha value is -6.65. The highest BCUT2D eigenvalue weighted by Gasteiger charge is 2.20. The Morgan fingerprint density at radius 2 is 1.04 bits per heavy atom. The van der Waals surface area contributed by atoms with Crippen molar-refractivity contribution in [3.8, 4) is 45.3 Å². The van der Waals surface area contributed by atoms with Crippen LogP contribution in [0.3, 0.4) is 0 Å². The summed E-state index contributed by atoms with van der Waals surface area (Å²) in [6.07, 6.45) is 0. The minimum Gasteiger partial charge on any atom is -0.455 e. The van der Waals surface area contributed by atoms with Crippen LogP contribution < -0.4 is 0 Å². The molecular weight excluding hydrogens is 599 g/mol. The highest BCUT2D eigenvalue weighted by molar-refractivity contribution is 6.26. The maximum Gasteiger partial charge on any atom is 0.164 e. The minimum atomic E-state index is -0.152. The van der Waals surface area contributed by atoms with Crippen molar-refractivity contribution in [3.63, 3.8) is 0 Å². The summed E-state index contributed by atoms with van der Waals surface area (Å²) in [5.74, 6) is 1.50. The fourth-order valence-electron chi connectivity index (χ4n) is 6.72. The van der Waals surface area contributed by atoms with Crippen LogP contribution in [0.15, 0.2) is 168 Å². The molecule has 8 aromatic carbocycles. The maximum absolute atomic E-state index is 9.73. The zero-order chi connectivity index (χ0) is 38.4. The van der Waals surface area contributed by atoms with E-state index in [9.17, 15) is 2.74 Å². The van der Waals surface area contributed by atoms with Gasteiger partial charge in [-0.05, 0) is 50.0 Å². The predicted octanol–water partition coefficient (Wildman–Crippen LogP) is 11.9. The lowest BCUT2D eigenvalue weighted by molar-refractivity contribution is 0.670. The molecule has 0 aliphatic carbocycles. The van der Waals surface area contributed by atoms with E-state index in [0.29, 0.717) is 55.7 Å². The van der Waals surface area contributed by atoms with Gasteiger partial charge in [-0.3, -0.25) is 0 Å². The molecule has 0 fully saturated rings. The number of nitrogens with zero attached hydrogens (tertiary/aromatic N) is 3. The fraction of sp³-hybridized carbons (Fsp3) is 0. The fourth-order valence-corrected chi connectivity index (χ4v) is 6.72. The molecule has 0 aliphatic heterocycles. The molecule has 0 spiro atoms. The molecule has 0 N–H and O–H groups in total. The zero-order valence-corrected chi connectivity index (χ0v) is 25.8. The topological polar surface area (TPSA) is 51.8 Å². The lowest BCUT2D eigenvalue weighted by Gasteiger charge is -2.12. The van der Waals surface area contributed by atoms with Gasteiger partial charge >= 0.3 is 0 Å². The first kappa shape index (κ1) is 21.3. The molecule has 49 heavy (non-hydrogen) atoms. The van der Waals surface area contributed by atoms with E-state index in [-0.39, 0.29) is 58.6 Å². The van der Waals surface area contributed by atoms with Crippen molar-refractivity contribution >= 4 is 54.3 Å². The Kier molecular flexibility index (Phi) is 4.76. The first-order valence-electron chi connectivity index (χ1n) is 19.4. The third-order valence-electron chi connectivity index (χ3n) is 8.96. The average molecular weight is 633 g/mol. The van der Waals surface area contributed by atoms with Crippen LogP contribution in [-0.2, 0) is 0 Å². The standard InChI is InChI=1S/C45H27N3O/c1-3-13-28(14-4-1)43-46-44(29-15-5-2-6-16-29)48-45(47-43)38-23-12-24-40-41(38)37-22-11-21-31(42(37)49-40)30-25-26-36-34-19-8-7-17-32(34)33-18-9-10-20-35(33)39(36)27-30/h1-27H/i7D,8D,9D,18D,20D,25D,27D. The van der Waals surface area contributed by atoms with E-state index in [1.807, 2.05) is 97.1 Å². The lowest BCUT2D eigenvalue weighted by Crippen LogP contribution is -2.00. The normalized spacial score (nSPS) is 13.7. The minimum absolute atomic E-state index is 0.0324. The van der Waals surface area contributed by atoms with Crippen molar-refractivity contribution in [1.29, 1.82) is 0 Å². The van der Waals surface area contributed by atoms with E-state index in [0.717, 1.165) is 27.5 Å². The second-order valence-corrected chi connectivity index (χ2v) is 11.8. The number of aromatic nitrogens is 3. The number of fused-ring (bicyclic) bond motifs is 9. The third kappa shape index (κ3) is 4.42. The summed E-state index contributed by atoms with van der Waals surface area (Å²) in [6.45, 7) is 0. The van der Waals surface area contributed by atoms with Gasteiger partial charge in [0.05, 0.1) is 9.60 Å². The quantitative estimate of drug-likeness (QED) is 0.181. The smallest absolute Gasteiger partial charge is 0.164 e. The molecular formula is C45H27N3O. The molecule has 10 rings (SSSR count). The summed E-state index contributed by atoms with van der Waals surface area (Å²) in [5, 5.41) is 3.75. The first-order chi connectivity index (χ1) is 27.2. The SMILES string of the molecule is [2H]c1cc2c(cc1[2H])c1c([2H])c([2H])cc([2H])c1c1c([2H])c(-c3cccc4c3oc3cccc(-c5nc(-c6ccccc6)nc(-c6ccccc6)n5)c34)c([2H])cc21. The van der Waals surface area contributed by atoms with Crippen molar-refractivity contribution in [2.24, 2.45) is 0 Å². The van der Waals surface area contributed by atoms with Crippen LogP contribution in [0.4, 0.5) is 0 Å². The molecule has 0 unspecified atom stereocenters. The van der Waals surface area contributed by atoms with E-state index in [1.165, 1.54) is 18.2 Å². The van der Waals surface area contributed by atoms with Gasteiger partial charge in [0.15, 0.2) is 17.5 Å². The highest BCUT2D eigenvalue weighted by atomic mass is 16.3. The highest BCUT2D eigenvalue weighted by Crippen LogP contribution is 2.42. The number of rotatable bonds is 4. The summed E-state index contributed by atoms with van der Waals surface area (Å²) in [7, 11) is 0. The predicted molar refractivity (Wildman–Crippen MR) is 201 cm³/mol. The lowest BCUT2D eigenvalue weighted by atomic mass is 9.91. The van der Waals surface area contributed by atoms with Gasteiger partial charge in [-0.25, -0.2) is 15.0 Å². The van der Waals surface area contributed by atoms with Crippen molar-refractivity contribution < 1.29 is 14.0 Å². The van der Waals surface area contributed by atoms with Crippen LogP contribution in [-0.4, -0.2) is 15.0 Å². The van der Waals surface area contributed by atoms with Crippen molar-refractivity contribution in [1.82, 2.24) is 15.0 Å². The summed E-state index contributed by atoms with van der Waals surface area (Å²) in [4.78, 5) is 14.8. The second kappa shape index (κ2) is 11.0. The van der Waals surface area contributed by atoms with E-state index < -0.39 is 0 Å². The number of hydrogen-bond donors (Lipinski definition) is 0. The largest absolute Gasteiger partial charge is 0.455 e. The monoisotopic (exact) mass is 632 g/mol. The van der Waals surface area contributed by atoms with Crippen LogP contribution in [0.2, 0.25) is 0 Å². The number of para-hydroxylation sites is 1. The molecule has 0 saturated carbocycles. The number of furan rings is 1. The van der Waals surface area contributed by atoms with Crippen molar-refractivity contribution in [2.45, 2.75) is 0 Å². The van der Waals surface area contributed by atoms with Gasteiger partial charge in [0.25, 0.3) is 0 Å². The summed E-state index contributed by atoms with van der Waals surface area (Å²) in [5.41, 5.74) is 4.19. The van der Waals surface area contributed by atoms with Crippen LogP contribution in [0.1, 0.15) is 9.60 Å². The van der Waals surface area contributed by atoms with Gasteiger partial charge in [0, 0.05) is 33.0 Å². The summed E-state index contributed by atoms with van der Waals surface area (Å²) < 4.78 is 68.7. The van der Waals surface area contributed by atoms with Crippen LogP contribution in [0.25, 0.3) is 99.5 Å². The average Bonchev–Trinajstić information content (AvgIpc) is 3.60. The Morgan fingerprint density at radius 3 is 1.80 bits per heavy atom. The van der Waals surface area contributed by atoms with Crippen molar-refractivity contribution in [2.75, 3.05) is 0 Å². The van der Waals surface area contributed by atoms with Gasteiger partial charge in [0.1, 0.15) is 11.2 Å².